The van der Waals surface area contributed by atoms with Gasteiger partial charge in [0, 0.05) is 29.4 Å². The molecule has 3 aromatic rings. The predicted molar refractivity (Wildman–Crippen MR) is 133 cm³/mol. The maximum absolute atomic E-state index is 14.1. The van der Waals surface area contributed by atoms with Crippen molar-refractivity contribution in [3.8, 4) is 28.0 Å². The second-order valence-electron chi connectivity index (χ2n) is 9.19. The summed E-state index contributed by atoms with van der Waals surface area (Å²) in [4.78, 5) is 12.3. The third-order valence-electron chi connectivity index (χ3n) is 5.62. The van der Waals surface area contributed by atoms with E-state index in [4.69, 9.17) is 10.5 Å². The zero-order valence-corrected chi connectivity index (χ0v) is 20.5. The molecule has 2 aromatic heterocycles. The van der Waals surface area contributed by atoms with E-state index in [9.17, 15) is 9.50 Å². The van der Waals surface area contributed by atoms with Gasteiger partial charge >= 0.3 is 0 Å². The van der Waals surface area contributed by atoms with Gasteiger partial charge in [-0.2, -0.15) is 0 Å². The van der Waals surface area contributed by atoms with E-state index < -0.39 is 11.4 Å². The third kappa shape index (κ3) is 6.32. The maximum atomic E-state index is 14.1. The van der Waals surface area contributed by atoms with E-state index in [2.05, 4.69) is 33.8 Å². The van der Waals surface area contributed by atoms with E-state index in [1.165, 1.54) is 12.1 Å². The Morgan fingerprint density at radius 1 is 1.21 bits per heavy atom. The first-order valence-electron chi connectivity index (χ1n) is 11.2. The zero-order chi connectivity index (χ0) is 24.3. The number of aliphatic hydroxyl groups is 1. The number of aromatic nitrogens is 2. The fourth-order valence-corrected chi connectivity index (χ4v) is 4.83. The van der Waals surface area contributed by atoms with Crippen LogP contribution in [0.4, 0.5) is 10.2 Å². The van der Waals surface area contributed by atoms with Gasteiger partial charge in [0.05, 0.1) is 9.88 Å². The van der Waals surface area contributed by atoms with Crippen molar-refractivity contribution in [2.24, 2.45) is 0 Å². The smallest absolute Gasteiger partial charge is 0.166 e. The predicted octanol–water partition coefficient (Wildman–Crippen LogP) is 4.44. The molecule has 0 unspecified atom stereocenters. The molecule has 0 radical (unpaired) electrons. The van der Waals surface area contributed by atoms with E-state index in [1.807, 2.05) is 12.3 Å². The Balaban J connectivity index is 1.48. The molecule has 1 aromatic carbocycles. The van der Waals surface area contributed by atoms with E-state index >= 15 is 0 Å². The lowest BCUT2D eigenvalue weighted by atomic mass is 9.98. The SMILES string of the molecule is CN1CCC(c2ncc(-c3cnc(N)c(OCc4cc(F)cc(C#CC(C)(C)O)c4)c3)s2)CC1. The summed E-state index contributed by atoms with van der Waals surface area (Å²) < 4.78 is 20.0. The molecule has 0 spiro atoms. The number of piperidine rings is 1. The average molecular weight is 481 g/mol. The van der Waals surface area contributed by atoms with Gasteiger partial charge in [-0.15, -0.1) is 11.3 Å². The van der Waals surface area contributed by atoms with Gasteiger partial charge < -0.3 is 20.5 Å². The van der Waals surface area contributed by atoms with Gasteiger partial charge in [0.1, 0.15) is 18.0 Å². The molecular formula is C26H29FN4O2S. The molecule has 1 aliphatic heterocycles. The summed E-state index contributed by atoms with van der Waals surface area (Å²) in [5.41, 5.74) is 6.84. The minimum atomic E-state index is -1.16. The summed E-state index contributed by atoms with van der Waals surface area (Å²) >= 11 is 1.68. The van der Waals surface area contributed by atoms with E-state index in [0.717, 1.165) is 41.4 Å². The number of hydrogen-bond donors (Lipinski definition) is 2. The molecule has 178 valence electrons. The van der Waals surface area contributed by atoms with Crippen LogP contribution < -0.4 is 10.5 Å². The fourth-order valence-electron chi connectivity index (χ4n) is 3.76. The molecule has 0 saturated carbocycles. The highest BCUT2D eigenvalue weighted by atomic mass is 32.1. The highest BCUT2D eigenvalue weighted by Gasteiger charge is 2.21. The van der Waals surface area contributed by atoms with Crippen molar-refractivity contribution in [2.75, 3.05) is 25.9 Å². The fraction of sp³-hybridized carbons (Fsp3) is 0.385. The Labute approximate surface area is 203 Å². The first kappa shape index (κ1) is 24.1. The van der Waals surface area contributed by atoms with Crippen LogP contribution in [-0.2, 0) is 6.61 Å². The number of halogens is 1. The number of pyridine rings is 1. The molecule has 1 fully saturated rings. The quantitative estimate of drug-likeness (QED) is 0.526. The molecule has 0 bridgehead atoms. The normalized spacial score (nSPS) is 15.1. The zero-order valence-electron chi connectivity index (χ0n) is 19.6. The van der Waals surface area contributed by atoms with Crippen molar-refractivity contribution in [2.45, 2.75) is 44.8 Å². The van der Waals surface area contributed by atoms with Gasteiger partial charge in [0.2, 0.25) is 0 Å². The maximum Gasteiger partial charge on any atom is 0.166 e. The third-order valence-corrected chi connectivity index (χ3v) is 6.83. The lowest BCUT2D eigenvalue weighted by Gasteiger charge is -2.27. The molecule has 1 saturated heterocycles. The highest BCUT2D eigenvalue weighted by molar-refractivity contribution is 7.15. The molecule has 8 heteroatoms. The van der Waals surface area contributed by atoms with Crippen LogP contribution in [0.15, 0.2) is 36.7 Å². The van der Waals surface area contributed by atoms with Crippen LogP contribution in [0.25, 0.3) is 10.4 Å². The largest absolute Gasteiger partial charge is 0.485 e. The molecule has 3 N–H and O–H groups in total. The standard InChI is InChI=1S/C26H29FN4O2S/c1-26(2,32)7-4-17-10-18(12-21(27)11-17)16-33-22-13-20(14-29-24(22)28)23-15-30-25(34-23)19-5-8-31(3)9-6-19/h10-15,19,32H,5-6,8-9,16H2,1-3H3,(H2,28,29). The Hall–Kier alpha value is -2.99. The van der Waals surface area contributed by atoms with Crippen molar-refractivity contribution < 1.29 is 14.2 Å². The first-order valence-corrected chi connectivity index (χ1v) is 12.1. The summed E-state index contributed by atoms with van der Waals surface area (Å²) in [6.07, 6.45) is 5.84. The number of anilines is 1. The monoisotopic (exact) mass is 480 g/mol. The summed E-state index contributed by atoms with van der Waals surface area (Å²) in [5, 5.41) is 10.9. The highest BCUT2D eigenvalue weighted by Crippen LogP contribution is 2.36. The molecule has 1 aliphatic rings. The number of ether oxygens (including phenoxy) is 1. The molecule has 0 amide bonds. The van der Waals surface area contributed by atoms with Gasteiger partial charge in [-0.3, -0.25) is 0 Å². The van der Waals surface area contributed by atoms with Gasteiger partial charge in [-0.05, 0) is 76.7 Å². The second-order valence-corrected chi connectivity index (χ2v) is 10.3. The number of hydrogen-bond acceptors (Lipinski definition) is 7. The summed E-state index contributed by atoms with van der Waals surface area (Å²) in [7, 11) is 2.15. The molecule has 6 nitrogen and oxygen atoms in total. The Morgan fingerprint density at radius 2 is 1.97 bits per heavy atom. The van der Waals surface area contributed by atoms with E-state index in [0.29, 0.717) is 22.8 Å². The van der Waals surface area contributed by atoms with Crippen molar-refractivity contribution in [1.29, 1.82) is 0 Å². The van der Waals surface area contributed by atoms with Crippen LogP contribution in [0.3, 0.4) is 0 Å². The molecule has 0 aliphatic carbocycles. The van der Waals surface area contributed by atoms with Crippen LogP contribution in [0.5, 0.6) is 5.75 Å². The van der Waals surface area contributed by atoms with E-state index in [-0.39, 0.29) is 12.4 Å². The number of rotatable bonds is 5. The number of likely N-dealkylation sites (tertiary alicyclic amines) is 1. The Kier molecular flexibility index (Phi) is 7.17. The molecule has 3 heterocycles. The van der Waals surface area contributed by atoms with Gasteiger partial charge in [-0.1, -0.05) is 11.8 Å². The van der Waals surface area contributed by atoms with Crippen LogP contribution in [0.2, 0.25) is 0 Å². The summed E-state index contributed by atoms with van der Waals surface area (Å²) in [6, 6.07) is 6.29. The van der Waals surface area contributed by atoms with Gasteiger partial charge in [0.25, 0.3) is 0 Å². The van der Waals surface area contributed by atoms with Crippen LogP contribution >= 0.6 is 11.3 Å². The van der Waals surface area contributed by atoms with Crippen LogP contribution in [0, 0.1) is 17.7 Å². The Bertz CT molecular complexity index is 1220. The van der Waals surface area contributed by atoms with Crippen molar-refractivity contribution in [3.63, 3.8) is 0 Å². The second kappa shape index (κ2) is 10.1. The van der Waals surface area contributed by atoms with Crippen molar-refractivity contribution in [3.05, 3.63) is 58.6 Å². The summed E-state index contributed by atoms with van der Waals surface area (Å²) in [5.74, 6) is 6.25. The van der Waals surface area contributed by atoms with Crippen molar-refractivity contribution >= 4 is 17.2 Å². The topological polar surface area (TPSA) is 84.5 Å². The molecule has 4 rings (SSSR count). The lowest BCUT2D eigenvalue weighted by molar-refractivity contribution is 0.143. The number of nitrogens with zero attached hydrogens (tertiary/aromatic N) is 3. The summed E-state index contributed by atoms with van der Waals surface area (Å²) in [6.45, 7) is 5.43. The van der Waals surface area contributed by atoms with E-state index in [1.54, 1.807) is 37.4 Å². The average Bonchev–Trinajstić information content (AvgIpc) is 3.27. The molecule has 34 heavy (non-hydrogen) atoms. The van der Waals surface area contributed by atoms with Crippen LogP contribution in [0.1, 0.15) is 48.7 Å². The van der Waals surface area contributed by atoms with Gasteiger partial charge in [-0.25, -0.2) is 14.4 Å². The van der Waals surface area contributed by atoms with Crippen molar-refractivity contribution in [1.82, 2.24) is 14.9 Å². The minimum Gasteiger partial charge on any atom is -0.485 e. The van der Waals surface area contributed by atoms with Gasteiger partial charge in [0.15, 0.2) is 11.6 Å². The molecule has 0 atom stereocenters. The number of nitrogens with two attached hydrogens (primary N) is 1. The Morgan fingerprint density at radius 3 is 2.71 bits per heavy atom. The number of benzene rings is 1. The van der Waals surface area contributed by atoms with Crippen LogP contribution in [-0.4, -0.2) is 45.7 Å². The number of nitrogen functional groups attached to an aromatic ring is 1. The first-order chi connectivity index (χ1) is 16.2. The lowest BCUT2D eigenvalue weighted by Crippen LogP contribution is -2.29. The molecular weight excluding hydrogens is 451 g/mol. The number of thiazole rings is 1. The minimum absolute atomic E-state index is 0.105.